The molecule has 3 rings (SSSR count). The number of rotatable bonds is 3. The van der Waals surface area contributed by atoms with E-state index in [0.717, 1.165) is 26.0 Å². The number of ether oxygens (including phenoxy) is 1. The Kier molecular flexibility index (Phi) is 4.60. The Morgan fingerprint density at radius 3 is 2.73 bits per heavy atom. The van der Waals surface area contributed by atoms with E-state index in [1.54, 1.807) is 0 Å². The maximum absolute atomic E-state index is 13.9. The number of urea groups is 1. The van der Waals surface area contributed by atoms with Crippen LogP contribution in [-0.2, 0) is 9.53 Å². The number of amides is 2. The Morgan fingerprint density at radius 1 is 1.38 bits per heavy atom. The number of nitrogens with one attached hydrogen (secondary N) is 1. The smallest absolute Gasteiger partial charge is 0.341 e. The van der Waals surface area contributed by atoms with Crippen LogP contribution in [0.15, 0.2) is 12.1 Å². The van der Waals surface area contributed by atoms with Crippen molar-refractivity contribution in [1.29, 1.82) is 0 Å². The number of hydrogen-bond acceptors (Lipinski definition) is 4. The molecule has 8 heteroatoms. The second kappa shape index (κ2) is 6.59. The van der Waals surface area contributed by atoms with Gasteiger partial charge in [-0.3, -0.25) is 4.79 Å². The Balaban J connectivity index is 1.80. The largest absolute Gasteiger partial charge is 0.481 e. The number of benzene rings is 1. The molecule has 7 nitrogen and oxygen atoms in total. The average Bonchev–Trinajstić information content (AvgIpc) is 3.15. The molecule has 2 amide bonds. The molecule has 2 atom stereocenters. The average molecular weight is 364 g/mol. The molecule has 1 heterocycles. The molecule has 0 unspecified atom stereocenters. The van der Waals surface area contributed by atoms with Gasteiger partial charge in [-0.25, -0.2) is 14.0 Å². The highest BCUT2D eigenvalue weighted by Gasteiger charge is 2.55. The summed E-state index contributed by atoms with van der Waals surface area (Å²) in [6, 6.07) is 2.01. The van der Waals surface area contributed by atoms with Crippen LogP contribution < -0.4 is 5.32 Å². The van der Waals surface area contributed by atoms with Gasteiger partial charge in [-0.15, -0.1) is 0 Å². The summed E-state index contributed by atoms with van der Waals surface area (Å²) in [5.74, 6) is -2.46. The molecule has 1 saturated heterocycles. The number of anilines is 1. The van der Waals surface area contributed by atoms with Crippen molar-refractivity contribution in [3.8, 4) is 0 Å². The van der Waals surface area contributed by atoms with E-state index in [0.29, 0.717) is 18.7 Å². The van der Waals surface area contributed by atoms with Gasteiger partial charge >= 0.3 is 18.0 Å². The zero-order valence-corrected chi connectivity index (χ0v) is 14.7. The first-order valence-electron chi connectivity index (χ1n) is 8.47. The molecule has 2 fully saturated rings. The Hall–Kier alpha value is -2.64. The van der Waals surface area contributed by atoms with Crippen molar-refractivity contribution in [2.75, 3.05) is 25.5 Å². The predicted octanol–water partition coefficient (Wildman–Crippen LogP) is 2.64. The molecule has 2 aliphatic rings. The minimum absolute atomic E-state index is 0.0503. The van der Waals surface area contributed by atoms with Crippen molar-refractivity contribution in [2.24, 2.45) is 11.3 Å². The highest BCUT2D eigenvalue weighted by molar-refractivity contribution is 5.96. The van der Waals surface area contributed by atoms with E-state index >= 15 is 0 Å². The number of aliphatic carboxylic acids is 1. The van der Waals surface area contributed by atoms with E-state index in [1.807, 2.05) is 0 Å². The molecule has 1 aromatic rings. The van der Waals surface area contributed by atoms with Crippen LogP contribution >= 0.6 is 0 Å². The summed E-state index contributed by atoms with van der Waals surface area (Å²) < 4.78 is 18.5. The summed E-state index contributed by atoms with van der Waals surface area (Å²) in [6.45, 7) is 2.05. The van der Waals surface area contributed by atoms with Crippen LogP contribution in [0.2, 0.25) is 0 Å². The van der Waals surface area contributed by atoms with E-state index in [4.69, 9.17) is 0 Å². The molecule has 26 heavy (non-hydrogen) atoms. The first kappa shape index (κ1) is 18.2. The number of halogens is 1. The van der Waals surface area contributed by atoms with Crippen molar-refractivity contribution >= 4 is 23.7 Å². The van der Waals surface area contributed by atoms with E-state index in [2.05, 4.69) is 10.1 Å². The Bertz CT molecular complexity index is 781. The second-order valence-electron chi connectivity index (χ2n) is 6.95. The highest BCUT2D eigenvalue weighted by atomic mass is 19.1. The lowest BCUT2D eigenvalue weighted by Crippen LogP contribution is -2.38. The van der Waals surface area contributed by atoms with Gasteiger partial charge in [-0.05, 0) is 43.4 Å². The number of hydrogen-bond donors (Lipinski definition) is 2. The normalized spacial score (nSPS) is 24.3. The standard InChI is InChI=1S/C18H21FN2O5/c1-10-13(6-5-12(19)14(10)15(22)26-2)20-17(25)21-8-11-4-3-7-18(11,9-21)16(23)24/h5-6,11H,3-4,7-9H2,1-2H3,(H,20,25)(H,23,24)/t11-,18+/m0/s1. The summed E-state index contributed by atoms with van der Waals surface area (Å²) in [6.07, 6.45) is 2.21. The number of fused-ring (bicyclic) bond motifs is 1. The third kappa shape index (κ3) is 2.79. The number of carboxylic acid groups (broad SMARTS) is 1. The van der Waals surface area contributed by atoms with Crippen LogP contribution in [0.5, 0.6) is 0 Å². The number of esters is 1. The molecule has 0 spiro atoms. The van der Waals surface area contributed by atoms with Gasteiger partial charge in [0, 0.05) is 18.8 Å². The fraction of sp³-hybridized carbons (Fsp3) is 0.500. The molecule has 1 aromatic carbocycles. The van der Waals surface area contributed by atoms with Crippen LogP contribution in [0.25, 0.3) is 0 Å². The number of carbonyl (C=O) groups excluding carboxylic acids is 2. The molecule has 140 valence electrons. The number of methoxy groups -OCH3 is 1. The van der Waals surface area contributed by atoms with Gasteiger partial charge in [0.25, 0.3) is 0 Å². The van der Waals surface area contributed by atoms with Gasteiger partial charge in [0.05, 0.1) is 12.5 Å². The molecular formula is C18H21FN2O5. The van der Waals surface area contributed by atoms with Gasteiger partial charge in [-0.1, -0.05) is 6.42 Å². The first-order chi connectivity index (χ1) is 12.3. The fourth-order valence-electron chi connectivity index (χ4n) is 4.15. The van der Waals surface area contributed by atoms with Crippen molar-refractivity contribution in [3.05, 3.63) is 29.1 Å². The maximum atomic E-state index is 13.9. The van der Waals surface area contributed by atoms with E-state index in [-0.39, 0.29) is 23.6 Å². The van der Waals surface area contributed by atoms with Gasteiger partial charge in [0.15, 0.2) is 0 Å². The summed E-state index contributed by atoms with van der Waals surface area (Å²) >= 11 is 0. The zero-order valence-electron chi connectivity index (χ0n) is 14.7. The van der Waals surface area contributed by atoms with E-state index < -0.39 is 29.2 Å². The number of carbonyl (C=O) groups is 3. The van der Waals surface area contributed by atoms with Crippen molar-refractivity contribution in [2.45, 2.75) is 26.2 Å². The zero-order chi connectivity index (χ0) is 19.1. The van der Waals surface area contributed by atoms with Crippen LogP contribution in [0.4, 0.5) is 14.9 Å². The highest BCUT2D eigenvalue weighted by Crippen LogP contribution is 2.49. The molecule has 0 bridgehead atoms. The van der Waals surface area contributed by atoms with Crippen molar-refractivity contribution < 1.29 is 28.6 Å². The number of nitrogens with zero attached hydrogens (tertiary/aromatic N) is 1. The molecule has 1 aliphatic heterocycles. The molecule has 0 radical (unpaired) electrons. The lowest BCUT2D eigenvalue weighted by molar-refractivity contribution is -0.149. The van der Waals surface area contributed by atoms with Gasteiger partial charge in [0.1, 0.15) is 11.4 Å². The molecule has 0 aromatic heterocycles. The summed E-state index contributed by atoms with van der Waals surface area (Å²) in [4.78, 5) is 37.6. The minimum atomic E-state index is -0.869. The number of likely N-dealkylation sites (tertiary alicyclic amines) is 1. The van der Waals surface area contributed by atoms with Crippen LogP contribution in [-0.4, -0.2) is 48.2 Å². The van der Waals surface area contributed by atoms with Crippen LogP contribution in [0, 0.1) is 24.1 Å². The fourth-order valence-corrected chi connectivity index (χ4v) is 4.15. The lowest BCUT2D eigenvalue weighted by atomic mass is 9.81. The van der Waals surface area contributed by atoms with E-state index in [9.17, 15) is 23.9 Å². The topological polar surface area (TPSA) is 95.9 Å². The summed E-state index contributed by atoms with van der Waals surface area (Å²) in [7, 11) is 1.15. The monoisotopic (exact) mass is 364 g/mol. The molecule has 2 N–H and O–H groups in total. The second-order valence-corrected chi connectivity index (χ2v) is 6.95. The summed E-state index contributed by atoms with van der Waals surface area (Å²) in [5.41, 5.74) is -0.548. The quantitative estimate of drug-likeness (QED) is 0.804. The summed E-state index contributed by atoms with van der Waals surface area (Å²) in [5, 5.41) is 12.3. The maximum Gasteiger partial charge on any atom is 0.341 e. The van der Waals surface area contributed by atoms with Crippen molar-refractivity contribution in [1.82, 2.24) is 4.90 Å². The first-order valence-corrected chi connectivity index (χ1v) is 8.47. The Morgan fingerprint density at radius 2 is 2.12 bits per heavy atom. The molecule has 1 aliphatic carbocycles. The van der Waals surface area contributed by atoms with Gasteiger partial charge < -0.3 is 20.1 Å². The number of carboxylic acids is 1. The van der Waals surface area contributed by atoms with Crippen LogP contribution in [0.1, 0.15) is 35.2 Å². The van der Waals surface area contributed by atoms with Crippen molar-refractivity contribution in [3.63, 3.8) is 0 Å². The van der Waals surface area contributed by atoms with E-state index in [1.165, 1.54) is 17.9 Å². The van der Waals surface area contributed by atoms with Gasteiger partial charge in [-0.2, -0.15) is 0 Å². The molecule has 1 saturated carbocycles. The Labute approximate surface area is 150 Å². The van der Waals surface area contributed by atoms with Crippen LogP contribution in [0.3, 0.4) is 0 Å². The third-order valence-electron chi connectivity index (χ3n) is 5.63. The SMILES string of the molecule is COC(=O)c1c(F)ccc(NC(=O)N2C[C@@H]3CCC[C@@]3(C(=O)O)C2)c1C. The lowest BCUT2D eigenvalue weighted by Gasteiger charge is -2.23. The minimum Gasteiger partial charge on any atom is -0.481 e. The molecular weight excluding hydrogens is 343 g/mol. The van der Waals surface area contributed by atoms with Gasteiger partial charge in [0.2, 0.25) is 0 Å². The third-order valence-corrected chi connectivity index (χ3v) is 5.63. The predicted molar refractivity (Wildman–Crippen MR) is 90.5 cm³/mol.